The first-order valence-corrected chi connectivity index (χ1v) is 5.33. The molecule has 0 atom stereocenters. The molecule has 0 N–H and O–H groups in total. The Morgan fingerprint density at radius 2 is 2.13 bits per heavy atom. The molecule has 0 radical (unpaired) electrons. The Balaban J connectivity index is 2.19. The minimum absolute atomic E-state index is 0.859. The molecule has 2 rings (SSSR count). The quantitative estimate of drug-likeness (QED) is 0.758. The monoisotopic (exact) mass is 260 g/mol. The second kappa shape index (κ2) is 4.84. The summed E-state index contributed by atoms with van der Waals surface area (Å²) < 4.78 is 1.05. The predicted molar refractivity (Wildman–Crippen MR) is 65.6 cm³/mol. The van der Waals surface area contributed by atoms with Crippen LogP contribution < -0.4 is 0 Å². The molecular formula is C12H9BrN2. The molecular weight excluding hydrogens is 252 g/mol. The average Bonchev–Trinajstić information content (AvgIpc) is 2.28. The van der Waals surface area contributed by atoms with E-state index in [-0.39, 0.29) is 0 Å². The Morgan fingerprint density at radius 3 is 2.87 bits per heavy atom. The molecule has 1 aromatic carbocycles. The van der Waals surface area contributed by atoms with Crippen molar-refractivity contribution in [3.8, 4) is 0 Å². The Morgan fingerprint density at radius 1 is 1.20 bits per heavy atom. The van der Waals surface area contributed by atoms with Gasteiger partial charge in [-0.25, -0.2) is 0 Å². The van der Waals surface area contributed by atoms with E-state index < -0.39 is 0 Å². The maximum atomic E-state index is 4.31. The van der Waals surface area contributed by atoms with Gasteiger partial charge in [0.05, 0.1) is 11.9 Å². The zero-order valence-corrected chi connectivity index (χ0v) is 9.55. The average molecular weight is 261 g/mol. The molecule has 0 saturated carbocycles. The van der Waals surface area contributed by atoms with Crippen molar-refractivity contribution in [3.63, 3.8) is 0 Å². The number of halogens is 1. The van der Waals surface area contributed by atoms with Crippen molar-refractivity contribution in [2.45, 2.75) is 0 Å². The van der Waals surface area contributed by atoms with Crippen molar-refractivity contribution in [1.29, 1.82) is 0 Å². The highest BCUT2D eigenvalue weighted by Gasteiger charge is 1.89. The number of benzene rings is 1. The number of pyridine rings is 1. The summed E-state index contributed by atoms with van der Waals surface area (Å²) in [6.07, 6.45) is 5.29. The number of aromatic nitrogens is 1. The fourth-order valence-corrected chi connectivity index (χ4v) is 1.58. The first-order chi connectivity index (χ1) is 7.34. The summed E-state index contributed by atoms with van der Waals surface area (Å²) >= 11 is 3.41. The van der Waals surface area contributed by atoms with Gasteiger partial charge in [-0.05, 0) is 29.8 Å². The number of aliphatic imine (C=N–C) groups is 1. The van der Waals surface area contributed by atoms with Crippen LogP contribution in [-0.4, -0.2) is 11.2 Å². The van der Waals surface area contributed by atoms with E-state index in [1.165, 1.54) is 0 Å². The van der Waals surface area contributed by atoms with Crippen molar-refractivity contribution in [3.05, 3.63) is 58.8 Å². The first-order valence-electron chi connectivity index (χ1n) is 4.54. The molecule has 2 aromatic rings. The molecule has 0 amide bonds. The van der Waals surface area contributed by atoms with Crippen LogP contribution in [0.25, 0.3) is 0 Å². The second-order valence-electron chi connectivity index (χ2n) is 3.02. The maximum absolute atomic E-state index is 4.31. The van der Waals surface area contributed by atoms with Crippen LogP contribution in [0.2, 0.25) is 0 Å². The van der Waals surface area contributed by atoms with E-state index in [9.17, 15) is 0 Å². The van der Waals surface area contributed by atoms with Crippen LogP contribution in [0.15, 0.2) is 58.3 Å². The number of rotatable bonds is 2. The van der Waals surface area contributed by atoms with E-state index in [0.29, 0.717) is 0 Å². The molecule has 2 nitrogen and oxygen atoms in total. The lowest BCUT2D eigenvalue weighted by Crippen LogP contribution is -1.79. The fourth-order valence-electron chi connectivity index (χ4n) is 1.17. The maximum Gasteiger partial charge on any atom is 0.0813 e. The topological polar surface area (TPSA) is 25.2 Å². The van der Waals surface area contributed by atoms with Gasteiger partial charge >= 0.3 is 0 Å². The van der Waals surface area contributed by atoms with E-state index in [1.807, 2.05) is 42.6 Å². The Kier molecular flexibility index (Phi) is 3.25. The third-order valence-electron chi connectivity index (χ3n) is 1.86. The van der Waals surface area contributed by atoms with Crippen LogP contribution in [0.3, 0.4) is 0 Å². The van der Waals surface area contributed by atoms with Crippen molar-refractivity contribution in [1.82, 2.24) is 4.98 Å². The first kappa shape index (κ1) is 10.1. The smallest absolute Gasteiger partial charge is 0.0813 e. The highest BCUT2D eigenvalue weighted by atomic mass is 79.9. The second-order valence-corrected chi connectivity index (χ2v) is 3.94. The molecule has 0 spiro atoms. The summed E-state index contributed by atoms with van der Waals surface area (Å²) in [6, 6.07) is 11.8. The third-order valence-corrected chi connectivity index (χ3v) is 2.35. The van der Waals surface area contributed by atoms with Gasteiger partial charge in [0, 0.05) is 16.9 Å². The standard InChI is InChI=1S/C12H9BrN2/c13-11-4-1-3-10(7-11)8-15-12-5-2-6-14-9-12/h1-9H. The molecule has 0 aliphatic rings. The van der Waals surface area contributed by atoms with Crippen molar-refractivity contribution >= 4 is 27.8 Å². The summed E-state index contributed by atoms with van der Waals surface area (Å²) in [5, 5.41) is 0. The van der Waals surface area contributed by atoms with Gasteiger partial charge in [0.1, 0.15) is 0 Å². The summed E-state index contributed by atoms with van der Waals surface area (Å²) in [5.41, 5.74) is 1.92. The van der Waals surface area contributed by atoms with E-state index in [2.05, 4.69) is 25.9 Å². The van der Waals surface area contributed by atoms with Crippen LogP contribution in [0, 0.1) is 0 Å². The van der Waals surface area contributed by atoms with Gasteiger partial charge in [0.15, 0.2) is 0 Å². The number of nitrogens with zero attached hydrogens (tertiary/aromatic N) is 2. The minimum atomic E-state index is 0.859. The van der Waals surface area contributed by atoms with E-state index in [4.69, 9.17) is 0 Å². The van der Waals surface area contributed by atoms with Gasteiger partial charge in [0.25, 0.3) is 0 Å². The van der Waals surface area contributed by atoms with Crippen molar-refractivity contribution in [2.24, 2.45) is 4.99 Å². The van der Waals surface area contributed by atoms with Crippen LogP contribution in [-0.2, 0) is 0 Å². The van der Waals surface area contributed by atoms with Gasteiger partial charge in [-0.3, -0.25) is 9.98 Å². The summed E-state index contributed by atoms with van der Waals surface area (Å²) in [7, 11) is 0. The van der Waals surface area contributed by atoms with Crippen LogP contribution in [0.4, 0.5) is 5.69 Å². The number of hydrogen-bond acceptors (Lipinski definition) is 2. The predicted octanol–water partition coefficient (Wildman–Crippen LogP) is 3.59. The van der Waals surface area contributed by atoms with E-state index >= 15 is 0 Å². The Labute approximate surface area is 96.8 Å². The van der Waals surface area contributed by atoms with E-state index in [1.54, 1.807) is 12.4 Å². The van der Waals surface area contributed by atoms with Gasteiger partial charge in [-0.1, -0.05) is 28.1 Å². The Hall–Kier alpha value is -1.48. The highest BCUT2D eigenvalue weighted by molar-refractivity contribution is 9.10. The molecule has 0 aliphatic carbocycles. The molecule has 0 bridgehead atoms. The zero-order chi connectivity index (χ0) is 10.5. The highest BCUT2D eigenvalue weighted by Crippen LogP contribution is 2.12. The molecule has 0 fully saturated rings. The molecule has 0 saturated heterocycles. The molecule has 0 aliphatic heterocycles. The molecule has 1 aromatic heterocycles. The minimum Gasteiger partial charge on any atom is -0.262 e. The van der Waals surface area contributed by atoms with Gasteiger partial charge in [-0.15, -0.1) is 0 Å². The van der Waals surface area contributed by atoms with Gasteiger partial charge in [-0.2, -0.15) is 0 Å². The Bertz CT molecular complexity index is 466. The summed E-state index contributed by atoms with van der Waals surface area (Å²) in [5.74, 6) is 0. The summed E-state index contributed by atoms with van der Waals surface area (Å²) in [4.78, 5) is 8.30. The van der Waals surface area contributed by atoms with Crippen molar-refractivity contribution < 1.29 is 0 Å². The van der Waals surface area contributed by atoms with Crippen LogP contribution in [0.5, 0.6) is 0 Å². The van der Waals surface area contributed by atoms with Crippen LogP contribution in [0.1, 0.15) is 5.56 Å². The lowest BCUT2D eigenvalue weighted by atomic mass is 10.2. The van der Waals surface area contributed by atoms with E-state index in [0.717, 1.165) is 15.7 Å². The zero-order valence-electron chi connectivity index (χ0n) is 7.97. The van der Waals surface area contributed by atoms with Gasteiger partial charge < -0.3 is 0 Å². The summed E-state index contributed by atoms with van der Waals surface area (Å²) in [6.45, 7) is 0. The molecule has 0 unspecified atom stereocenters. The molecule has 74 valence electrons. The number of hydrogen-bond donors (Lipinski definition) is 0. The lowest BCUT2D eigenvalue weighted by Gasteiger charge is -1.94. The normalized spacial score (nSPS) is 10.7. The molecule has 15 heavy (non-hydrogen) atoms. The third kappa shape index (κ3) is 2.99. The SMILES string of the molecule is Brc1cccc(C=Nc2cccnc2)c1. The lowest BCUT2D eigenvalue weighted by molar-refractivity contribution is 1.31. The van der Waals surface area contributed by atoms with Crippen LogP contribution >= 0.6 is 15.9 Å². The van der Waals surface area contributed by atoms with Crippen molar-refractivity contribution in [2.75, 3.05) is 0 Å². The van der Waals surface area contributed by atoms with Gasteiger partial charge in [0.2, 0.25) is 0 Å². The molecule has 3 heteroatoms. The molecule has 1 heterocycles. The fraction of sp³-hybridized carbons (Fsp3) is 0. The largest absolute Gasteiger partial charge is 0.262 e.